The van der Waals surface area contributed by atoms with Crippen molar-refractivity contribution in [3.05, 3.63) is 59.2 Å². The summed E-state index contributed by atoms with van der Waals surface area (Å²) in [7, 11) is 0. The van der Waals surface area contributed by atoms with Crippen LogP contribution in [-0.2, 0) is 18.3 Å². The van der Waals surface area contributed by atoms with Gasteiger partial charge in [-0.25, -0.2) is 0 Å². The molecule has 0 aliphatic carbocycles. The number of para-hydroxylation sites is 2. The average molecular weight is 324 g/mol. The van der Waals surface area contributed by atoms with E-state index in [0.29, 0.717) is 5.75 Å². The zero-order valence-corrected chi connectivity index (χ0v) is 15.2. The number of aromatic hydroxyl groups is 1. The largest absolute Gasteiger partial charge is 0.508 e. The Kier molecular flexibility index (Phi) is 4.33. The number of rotatable bonds is 4. The number of hydrogen-bond acceptors (Lipinski definition) is 2. The molecule has 1 N–H and O–H groups in total. The van der Waals surface area contributed by atoms with Crippen LogP contribution in [0.2, 0.25) is 0 Å². The van der Waals surface area contributed by atoms with Crippen molar-refractivity contribution in [3.63, 3.8) is 0 Å². The summed E-state index contributed by atoms with van der Waals surface area (Å²) in [5.41, 5.74) is 3.50. The molecule has 0 atom stereocenters. The van der Waals surface area contributed by atoms with Gasteiger partial charge >= 0.3 is 0 Å². The van der Waals surface area contributed by atoms with Crippen LogP contribution in [-0.4, -0.2) is 10.7 Å². The van der Waals surface area contributed by atoms with Gasteiger partial charge in [0.15, 0.2) is 0 Å². The fraction of sp³-hybridized carbons (Fsp3) is 0.455. The number of ether oxygens (including phenoxy) is 1. The van der Waals surface area contributed by atoms with E-state index in [2.05, 4.69) is 45.9 Å². The van der Waals surface area contributed by atoms with E-state index >= 15 is 0 Å². The van der Waals surface area contributed by atoms with Crippen molar-refractivity contribution in [1.29, 1.82) is 0 Å². The second-order valence-corrected chi connectivity index (χ2v) is 8.17. The molecule has 0 aromatic heterocycles. The summed E-state index contributed by atoms with van der Waals surface area (Å²) >= 11 is 0. The van der Waals surface area contributed by atoms with Crippen LogP contribution in [0.3, 0.4) is 0 Å². The van der Waals surface area contributed by atoms with E-state index in [9.17, 15) is 5.11 Å². The van der Waals surface area contributed by atoms with Crippen LogP contribution in [0.5, 0.6) is 11.5 Å². The van der Waals surface area contributed by atoms with E-state index in [0.717, 1.165) is 37.0 Å². The number of benzene rings is 2. The highest BCUT2D eigenvalue weighted by Crippen LogP contribution is 2.42. The van der Waals surface area contributed by atoms with Crippen LogP contribution in [0.25, 0.3) is 0 Å². The van der Waals surface area contributed by atoms with Crippen LogP contribution < -0.4 is 4.74 Å². The monoisotopic (exact) mass is 324 g/mol. The van der Waals surface area contributed by atoms with E-state index in [4.69, 9.17) is 4.74 Å². The molecule has 0 radical (unpaired) electrons. The van der Waals surface area contributed by atoms with E-state index in [1.165, 1.54) is 11.1 Å². The molecule has 1 aliphatic rings. The Morgan fingerprint density at radius 2 is 1.83 bits per heavy atom. The van der Waals surface area contributed by atoms with E-state index < -0.39 is 0 Å². The summed E-state index contributed by atoms with van der Waals surface area (Å²) in [6.45, 7) is 8.88. The van der Waals surface area contributed by atoms with Crippen molar-refractivity contribution in [2.24, 2.45) is 0 Å². The standard InChI is InChI=1S/C22H28O2/c1-21(2,14-12-16-8-5-6-11-19(16)23)18-10-7-9-17-13-15-22(3,4)24-20(17)18/h5-11,23H,12-15H2,1-4H3. The number of phenolic OH excluding ortho intramolecular Hbond substituents is 1. The lowest BCUT2D eigenvalue weighted by Gasteiger charge is -2.37. The number of phenols is 1. The fourth-order valence-corrected chi connectivity index (χ4v) is 3.50. The maximum absolute atomic E-state index is 10.0. The summed E-state index contributed by atoms with van der Waals surface area (Å²) in [6, 6.07) is 14.2. The van der Waals surface area contributed by atoms with Crippen molar-refractivity contribution in [2.45, 2.75) is 64.4 Å². The van der Waals surface area contributed by atoms with Gasteiger partial charge in [0.05, 0.1) is 0 Å². The van der Waals surface area contributed by atoms with Crippen molar-refractivity contribution in [3.8, 4) is 11.5 Å². The van der Waals surface area contributed by atoms with Gasteiger partial charge in [0.1, 0.15) is 17.1 Å². The predicted octanol–water partition coefficient (Wildman–Crippen LogP) is 5.41. The Morgan fingerprint density at radius 3 is 2.58 bits per heavy atom. The van der Waals surface area contributed by atoms with Gasteiger partial charge in [-0.2, -0.15) is 0 Å². The lowest BCUT2D eigenvalue weighted by Crippen LogP contribution is -2.34. The molecule has 0 saturated carbocycles. The zero-order valence-electron chi connectivity index (χ0n) is 15.2. The molecule has 2 aromatic carbocycles. The van der Waals surface area contributed by atoms with Gasteiger partial charge in [-0.05, 0) is 62.1 Å². The number of hydrogen-bond donors (Lipinski definition) is 1. The summed E-state index contributed by atoms with van der Waals surface area (Å²) < 4.78 is 6.36. The van der Waals surface area contributed by atoms with Gasteiger partial charge in [0.2, 0.25) is 0 Å². The van der Waals surface area contributed by atoms with Crippen molar-refractivity contribution in [2.75, 3.05) is 0 Å². The highest BCUT2D eigenvalue weighted by atomic mass is 16.5. The first kappa shape index (κ1) is 16.9. The van der Waals surface area contributed by atoms with Gasteiger partial charge in [-0.1, -0.05) is 50.2 Å². The van der Waals surface area contributed by atoms with E-state index in [1.807, 2.05) is 18.2 Å². The third-order valence-corrected chi connectivity index (χ3v) is 5.21. The predicted molar refractivity (Wildman–Crippen MR) is 98.9 cm³/mol. The maximum Gasteiger partial charge on any atom is 0.127 e. The Hall–Kier alpha value is -1.96. The van der Waals surface area contributed by atoms with Gasteiger partial charge in [0, 0.05) is 5.56 Å². The molecule has 2 aromatic rings. The quantitative estimate of drug-likeness (QED) is 0.815. The smallest absolute Gasteiger partial charge is 0.127 e. The fourth-order valence-electron chi connectivity index (χ4n) is 3.50. The third-order valence-electron chi connectivity index (χ3n) is 5.21. The summed E-state index contributed by atoms with van der Waals surface area (Å²) in [4.78, 5) is 0. The van der Waals surface area contributed by atoms with Gasteiger partial charge in [-0.3, -0.25) is 0 Å². The first-order valence-electron chi connectivity index (χ1n) is 8.87. The van der Waals surface area contributed by atoms with Crippen LogP contribution in [0, 0.1) is 0 Å². The normalized spacial score (nSPS) is 16.3. The highest BCUT2D eigenvalue weighted by Gasteiger charge is 2.32. The van der Waals surface area contributed by atoms with Crippen LogP contribution >= 0.6 is 0 Å². The zero-order chi connectivity index (χ0) is 17.4. The molecule has 1 aliphatic heterocycles. The minimum Gasteiger partial charge on any atom is -0.508 e. The van der Waals surface area contributed by atoms with Gasteiger partial charge < -0.3 is 9.84 Å². The minimum absolute atomic E-state index is 0.0129. The SMILES string of the molecule is CC1(C)CCc2cccc(C(C)(C)CCc3ccccc3O)c2O1. The van der Waals surface area contributed by atoms with Gasteiger partial charge in [-0.15, -0.1) is 0 Å². The summed E-state index contributed by atoms with van der Waals surface area (Å²) in [5, 5.41) is 10.0. The molecule has 0 bridgehead atoms. The lowest BCUT2D eigenvalue weighted by molar-refractivity contribution is 0.0816. The minimum atomic E-state index is -0.100. The molecule has 2 nitrogen and oxygen atoms in total. The lowest BCUT2D eigenvalue weighted by atomic mass is 9.77. The van der Waals surface area contributed by atoms with Crippen molar-refractivity contribution >= 4 is 0 Å². The average Bonchev–Trinajstić information content (AvgIpc) is 2.52. The van der Waals surface area contributed by atoms with Crippen LogP contribution in [0.15, 0.2) is 42.5 Å². The molecule has 0 spiro atoms. The van der Waals surface area contributed by atoms with Crippen LogP contribution in [0.1, 0.15) is 57.2 Å². The Bertz CT molecular complexity index is 728. The molecule has 24 heavy (non-hydrogen) atoms. The molecule has 0 saturated heterocycles. The molecule has 2 heteroatoms. The molecule has 0 amide bonds. The Balaban J connectivity index is 1.86. The summed E-state index contributed by atoms with van der Waals surface area (Å²) in [5.74, 6) is 1.47. The maximum atomic E-state index is 10.0. The molecular weight excluding hydrogens is 296 g/mol. The molecular formula is C22H28O2. The van der Waals surface area contributed by atoms with Crippen LogP contribution in [0.4, 0.5) is 0 Å². The second-order valence-electron chi connectivity index (χ2n) is 8.17. The highest BCUT2D eigenvalue weighted by molar-refractivity contribution is 5.47. The Morgan fingerprint density at radius 1 is 1.08 bits per heavy atom. The van der Waals surface area contributed by atoms with E-state index in [1.54, 1.807) is 6.07 Å². The number of aryl methyl sites for hydroxylation is 2. The van der Waals surface area contributed by atoms with E-state index in [-0.39, 0.29) is 11.0 Å². The first-order valence-corrected chi connectivity index (χ1v) is 8.87. The Labute approximate surface area is 145 Å². The summed E-state index contributed by atoms with van der Waals surface area (Å²) in [6.07, 6.45) is 3.95. The topological polar surface area (TPSA) is 29.5 Å². The number of fused-ring (bicyclic) bond motifs is 1. The van der Waals surface area contributed by atoms with Crippen molar-refractivity contribution < 1.29 is 9.84 Å². The molecule has 3 rings (SSSR count). The first-order chi connectivity index (χ1) is 11.3. The molecule has 1 heterocycles. The third kappa shape index (κ3) is 3.43. The molecule has 0 unspecified atom stereocenters. The molecule has 128 valence electrons. The van der Waals surface area contributed by atoms with Gasteiger partial charge in [0.25, 0.3) is 0 Å². The second kappa shape index (κ2) is 6.16. The van der Waals surface area contributed by atoms with Crippen molar-refractivity contribution in [1.82, 2.24) is 0 Å². The molecule has 0 fully saturated rings.